The highest BCUT2D eigenvalue weighted by Gasteiger charge is 2.48. The van der Waals surface area contributed by atoms with Gasteiger partial charge in [-0.05, 0) is 36.5 Å². The SMILES string of the molecule is COCC(c1ccnc(NC(=O)[C@H](N)C2CCCC(F)(F)C2)c1)N1C[C@@H](C(F)(F)F)NC1=O. The molecule has 1 aromatic heterocycles. The predicted octanol–water partition coefficient (Wildman–Crippen LogP) is 2.82. The van der Waals surface area contributed by atoms with Crippen molar-refractivity contribution in [3.8, 4) is 0 Å². The molecule has 1 aromatic rings. The molecule has 2 heterocycles. The van der Waals surface area contributed by atoms with E-state index < -0.39 is 61.0 Å². The van der Waals surface area contributed by atoms with Crippen molar-refractivity contribution < 1.29 is 36.3 Å². The molecule has 3 rings (SSSR count). The standard InChI is InChI=1S/C20H26F5N5O3/c1-33-10-13(30-9-14(20(23,24)25)28-18(30)32)11-4-6-27-15(7-11)29-17(31)16(26)12-3-2-5-19(21,22)8-12/h4,6-7,12-14,16H,2-3,5,8-10,26H2,1H3,(H,28,32)(H,27,29,31)/t12?,13?,14-,16+/m0/s1. The fourth-order valence-electron chi connectivity index (χ4n) is 4.20. The van der Waals surface area contributed by atoms with Gasteiger partial charge in [0.1, 0.15) is 11.9 Å². The number of anilines is 1. The Hall–Kier alpha value is -2.54. The summed E-state index contributed by atoms with van der Waals surface area (Å²) in [6.45, 7) is -0.715. The Kier molecular flexibility index (Phi) is 7.42. The average Bonchev–Trinajstić information content (AvgIpc) is 3.12. The molecule has 3 amide bonds. The first-order chi connectivity index (χ1) is 15.4. The molecule has 0 radical (unpaired) electrons. The molecular weight excluding hydrogens is 453 g/mol. The quantitative estimate of drug-likeness (QED) is 0.521. The third kappa shape index (κ3) is 6.08. The van der Waals surface area contributed by atoms with Gasteiger partial charge in [-0.3, -0.25) is 4.79 Å². The van der Waals surface area contributed by atoms with Crippen LogP contribution in [-0.4, -0.2) is 66.3 Å². The number of alkyl halides is 5. The number of hydrogen-bond acceptors (Lipinski definition) is 5. The van der Waals surface area contributed by atoms with Crippen LogP contribution in [0.15, 0.2) is 18.3 Å². The topological polar surface area (TPSA) is 110 Å². The van der Waals surface area contributed by atoms with E-state index in [9.17, 15) is 31.5 Å². The number of carbonyl (C=O) groups excluding carboxylic acids is 2. The summed E-state index contributed by atoms with van der Waals surface area (Å²) in [5, 5.41) is 4.38. The molecule has 4 N–H and O–H groups in total. The molecule has 8 nitrogen and oxygen atoms in total. The number of nitrogens with one attached hydrogen (secondary N) is 2. The Balaban J connectivity index is 1.73. The lowest BCUT2D eigenvalue weighted by Crippen LogP contribution is -2.45. The molecule has 0 bridgehead atoms. The molecule has 0 spiro atoms. The van der Waals surface area contributed by atoms with Gasteiger partial charge in [0.15, 0.2) is 0 Å². The molecule has 2 unspecified atom stereocenters. The second-order valence-electron chi connectivity index (χ2n) is 8.37. The first-order valence-corrected chi connectivity index (χ1v) is 10.4. The molecule has 13 heteroatoms. The molecular formula is C20H26F5N5O3. The van der Waals surface area contributed by atoms with Gasteiger partial charge in [0.05, 0.1) is 25.2 Å². The Bertz CT molecular complexity index is 869. The monoisotopic (exact) mass is 479 g/mol. The molecule has 2 fully saturated rings. The second kappa shape index (κ2) is 9.75. The van der Waals surface area contributed by atoms with Crippen LogP contribution in [0.4, 0.5) is 32.6 Å². The first-order valence-electron chi connectivity index (χ1n) is 10.4. The molecule has 0 aromatic carbocycles. The Morgan fingerprint density at radius 3 is 2.79 bits per heavy atom. The highest BCUT2D eigenvalue weighted by Crippen LogP contribution is 2.38. The zero-order valence-electron chi connectivity index (χ0n) is 17.9. The van der Waals surface area contributed by atoms with E-state index in [1.165, 1.54) is 25.4 Å². The summed E-state index contributed by atoms with van der Waals surface area (Å²) in [5.74, 6) is -4.22. The van der Waals surface area contributed by atoms with Crippen molar-refractivity contribution in [1.29, 1.82) is 0 Å². The summed E-state index contributed by atoms with van der Waals surface area (Å²) >= 11 is 0. The lowest BCUT2D eigenvalue weighted by Gasteiger charge is -2.32. The second-order valence-corrected chi connectivity index (χ2v) is 8.37. The van der Waals surface area contributed by atoms with Crippen molar-refractivity contribution in [3.05, 3.63) is 23.9 Å². The van der Waals surface area contributed by atoms with E-state index in [1.807, 2.05) is 5.32 Å². The minimum Gasteiger partial charge on any atom is -0.382 e. The van der Waals surface area contributed by atoms with Crippen molar-refractivity contribution in [1.82, 2.24) is 15.2 Å². The van der Waals surface area contributed by atoms with E-state index in [-0.39, 0.29) is 25.3 Å². The van der Waals surface area contributed by atoms with E-state index in [0.717, 1.165) is 4.90 Å². The van der Waals surface area contributed by atoms with Crippen LogP contribution in [0.25, 0.3) is 0 Å². The van der Waals surface area contributed by atoms with E-state index in [1.54, 1.807) is 0 Å². The highest BCUT2D eigenvalue weighted by atomic mass is 19.4. The average molecular weight is 479 g/mol. The summed E-state index contributed by atoms with van der Waals surface area (Å²) in [7, 11) is 1.34. The number of ether oxygens (including phenoxy) is 1. The van der Waals surface area contributed by atoms with Gasteiger partial charge in [-0.1, -0.05) is 0 Å². The number of methoxy groups -OCH3 is 1. The van der Waals surface area contributed by atoms with Crippen LogP contribution in [0.2, 0.25) is 0 Å². The number of nitrogens with two attached hydrogens (primary N) is 1. The van der Waals surface area contributed by atoms with Crippen LogP contribution in [-0.2, 0) is 9.53 Å². The van der Waals surface area contributed by atoms with Gasteiger partial charge in [0.2, 0.25) is 11.8 Å². The van der Waals surface area contributed by atoms with Crippen molar-refractivity contribution in [2.75, 3.05) is 25.6 Å². The molecule has 33 heavy (non-hydrogen) atoms. The minimum absolute atomic E-state index is 0.0311. The fourth-order valence-corrected chi connectivity index (χ4v) is 4.20. The summed E-state index contributed by atoms with van der Waals surface area (Å²) in [6.07, 6.45) is -3.34. The van der Waals surface area contributed by atoms with Gasteiger partial charge >= 0.3 is 12.2 Å². The van der Waals surface area contributed by atoms with Crippen LogP contribution in [0.5, 0.6) is 0 Å². The number of hydrogen-bond donors (Lipinski definition) is 3. The number of aromatic nitrogens is 1. The number of amides is 3. The van der Waals surface area contributed by atoms with Crippen molar-refractivity contribution in [3.63, 3.8) is 0 Å². The van der Waals surface area contributed by atoms with Crippen LogP contribution in [0.3, 0.4) is 0 Å². The zero-order valence-corrected chi connectivity index (χ0v) is 17.9. The number of rotatable bonds is 7. The molecule has 4 atom stereocenters. The largest absolute Gasteiger partial charge is 0.410 e. The third-order valence-corrected chi connectivity index (χ3v) is 5.94. The summed E-state index contributed by atoms with van der Waals surface area (Å²) in [4.78, 5) is 29.7. The number of urea groups is 1. The minimum atomic E-state index is -4.61. The van der Waals surface area contributed by atoms with E-state index in [4.69, 9.17) is 10.5 Å². The Morgan fingerprint density at radius 2 is 2.18 bits per heavy atom. The van der Waals surface area contributed by atoms with Gasteiger partial charge < -0.3 is 26.0 Å². The maximum atomic E-state index is 13.7. The number of pyridine rings is 1. The van der Waals surface area contributed by atoms with Crippen LogP contribution >= 0.6 is 0 Å². The fraction of sp³-hybridized carbons (Fsp3) is 0.650. The maximum absolute atomic E-state index is 13.7. The van der Waals surface area contributed by atoms with E-state index in [2.05, 4.69) is 10.3 Å². The molecule has 184 valence electrons. The smallest absolute Gasteiger partial charge is 0.382 e. The van der Waals surface area contributed by atoms with Crippen LogP contribution < -0.4 is 16.4 Å². The van der Waals surface area contributed by atoms with Gasteiger partial charge in [-0.2, -0.15) is 13.2 Å². The van der Waals surface area contributed by atoms with Crippen molar-refractivity contribution in [2.45, 2.75) is 55.9 Å². The normalized spacial score (nSPS) is 24.8. The Labute approximate surface area is 187 Å². The molecule has 1 aliphatic carbocycles. The van der Waals surface area contributed by atoms with Gasteiger partial charge in [-0.25, -0.2) is 18.6 Å². The molecule has 1 saturated heterocycles. The molecule has 1 aliphatic heterocycles. The lowest BCUT2D eigenvalue weighted by atomic mass is 9.82. The lowest BCUT2D eigenvalue weighted by molar-refractivity contribution is -0.150. The molecule has 2 aliphatic rings. The first kappa shape index (κ1) is 25.1. The summed E-state index contributed by atoms with van der Waals surface area (Å²) in [6, 6.07) is -2.10. The van der Waals surface area contributed by atoms with Crippen molar-refractivity contribution >= 4 is 17.8 Å². The van der Waals surface area contributed by atoms with Crippen LogP contribution in [0, 0.1) is 5.92 Å². The van der Waals surface area contributed by atoms with Gasteiger partial charge in [0, 0.05) is 26.1 Å². The summed E-state index contributed by atoms with van der Waals surface area (Å²) < 4.78 is 71.6. The predicted molar refractivity (Wildman–Crippen MR) is 107 cm³/mol. The Morgan fingerprint density at radius 1 is 1.45 bits per heavy atom. The number of halogens is 5. The van der Waals surface area contributed by atoms with E-state index >= 15 is 0 Å². The number of nitrogens with zero attached hydrogens (tertiary/aromatic N) is 2. The number of carbonyl (C=O) groups is 2. The van der Waals surface area contributed by atoms with Crippen LogP contribution in [0.1, 0.15) is 37.3 Å². The van der Waals surface area contributed by atoms with Gasteiger partial charge in [-0.15, -0.1) is 0 Å². The zero-order chi connectivity index (χ0) is 24.4. The van der Waals surface area contributed by atoms with Gasteiger partial charge in [0.25, 0.3) is 0 Å². The highest BCUT2D eigenvalue weighted by molar-refractivity contribution is 5.94. The van der Waals surface area contributed by atoms with Crippen molar-refractivity contribution in [2.24, 2.45) is 11.7 Å². The summed E-state index contributed by atoms with van der Waals surface area (Å²) in [5.41, 5.74) is 6.29. The van der Waals surface area contributed by atoms with E-state index in [0.29, 0.717) is 12.0 Å². The molecule has 1 saturated carbocycles. The third-order valence-electron chi connectivity index (χ3n) is 5.94. The maximum Gasteiger partial charge on any atom is 0.410 e.